The molecule has 7 nitrogen and oxygen atoms in total. The Morgan fingerprint density at radius 1 is 0.931 bits per heavy atom. The van der Waals surface area contributed by atoms with Gasteiger partial charge in [-0.1, -0.05) is 54.6 Å². The topological polar surface area (TPSA) is 81.9 Å². The van der Waals surface area contributed by atoms with Gasteiger partial charge in [0.15, 0.2) is 0 Å². The lowest BCUT2D eigenvalue weighted by Gasteiger charge is -2.06. The average molecular weight is 385 g/mol. The van der Waals surface area contributed by atoms with Gasteiger partial charge in [-0.05, 0) is 40.6 Å². The van der Waals surface area contributed by atoms with Gasteiger partial charge in [0, 0.05) is 11.3 Å². The Morgan fingerprint density at radius 2 is 1.66 bits per heavy atom. The summed E-state index contributed by atoms with van der Waals surface area (Å²) in [6.45, 7) is -0.0304. The minimum Gasteiger partial charge on any atom is -0.497 e. The van der Waals surface area contributed by atoms with Crippen molar-refractivity contribution < 1.29 is 9.53 Å². The second-order valence-corrected chi connectivity index (χ2v) is 6.37. The Morgan fingerprint density at radius 3 is 2.41 bits per heavy atom. The van der Waals surface area contributed by atoms with E-state index in [0.29, 0.717) is 17.3 Å². The molecule has 0 aliphatic rings. The molecule has 1 heterocycles. The molecule has 7 heteroatoms. The van der Waals surface area contributed by atoms with E-state index in [9.17, 15) is 4.79 Å². The van der Waals surface area contributed by atoms with Crippen LogP contribution in [0.3, 0.4) is 0 Å². The van der Waals surface area contributed by atoms with Gasteiger partial charge < -0.3 is 10.1 Å². The molecule has 144 valence electrons. The number of hydrogen-bond acceptors (Lipinski definition) is 5. The Kier molecular flexibility index (Phi) is 5.29. The van der Waals surface area contributed by atoms with Crippen molar-refractivity contribution >= 4 is 11.6 Å². The Labute approximate surface area is 168 Å². The average Bonchev–Trinajstić information content (AvgIpc) is 3.23. The molecule has 1 amide bonds. The molecule has 1 N–H and O–H groups in total. The van der Waals surface area contributed by atoms with E-state index in [1.807, 2.05) is 78.9 Å². The van der Waals surface area contributed by atoms with E-state index in [1.54, 1.807) is 7.11 Å². The number of amides is 1. The maximum Gasteiger partial charge on any atom is 0.248 e. The van der Waals surface area contributed by atoms with Gasteiger partial charge in [-0.3, -0.25) is 4.79 Å². The third-order valence-electron chi connectivity index (χ3n) is 4.34. The summed E-state index contributed by atoms with van der Waals surface area (Å²) in [7, 11) is 1.60. The molecule has 0 unspecified atom stereocenters. The molecule has 0 spiro atoms. The second kappa shape index (κ2) is 8.35. The molecular formula is C22H19N5O2. The van der Waals surface area contributed by atoms with Crippen molar-refractivity contribution in [1.82, 2.24) is 20.2 Å². The van der Waals surface area contributed by atoms with E-state index in [1.165, 1.54) is 4.80 Å². The van der Waals surface area contributed by atoms with Crippen LogP contribution >= 0.6 is 0 Å². The van der Waals surface area contributed by atoms with E-state index >= 15 is 0 Å². The first-order valence-corrected chi connectivity index (χ1v) is 9.09. The molecule has 4 aromatic rings. The lowest BCUT2D eigenvalue weighted by Crippen LogP contribution is -2.20. The molecule has 0 aliphatic heterocycles. The highest BCUT2D eigenvalue weighted by Crippen LogP contribution is 2.21. The standard InChI is InChI=1S/C22H19N5O2/c1-29-20-9-5-8-18(14-20)22-24-26-27(25-22)15-21(28)23-19-12-10-17(11-13-19)16-6-3-2-4-7-16/h2-14H,15H2,1H3,(H,23,28). The van der Waals surface area contributed by atoms with Crippen LogP contribution in [0.25, 0.3) is 22.5 Å². The van der Waals surface area contributed by atoms with Gasteiger partial charge in [0.2, 0.25) is 11.7 Å². The summed E-state index contributed by atoms with van der Waals surface area (Å²) >= 11 is 0. The highest BCUT2D eigenvalue weighted by molar-refractivity contribution is 5.90. The normalized spacial score (nSPS) is 10.5. The number of hydrogen-bond donors (Lipinski definition) is 1. The molecule has 1 aromatic heterocycles. The number of benzene rings is 3. The van der Waals surface area contributed by atoms with Crippen LogP contribution in [0.2, 0.25) is 0 Å². The number of rotatable bonds is 6. The van der Waals surface area contributed by atoms with Crippen molar-refractivity contribution in [1.29, 1.82) is 0 Å². The molecule has 29 heavy (non-hydrogen) atoms. The van der Waals surface area contributed by atoms with Gasteiger partial charge in [-0.15, -0.1) is 10.2 Å². The largest absolute Gasteiger partial charge is 0.497 e. The van der Waals surface area contributed by atoms with Crippen LogP contribution in [-0.2, 0) is 11.3 Å². The molecule has 3 aromatic carbocycles. The van der Waals surface area contributed by atoms with Crippen molar-refractivity contribution in [2.75, 3.05) is 12.4 Å². The third-order valence-corrected chi connectivity index (χ3v) is 4.34. The number of nitrogens with zero attached hydrogens (tertiary/aromatic N) is 4. The highest BCUT2D eigenvalue weighted by Gasteiger charge is 2.10. The van der Waals surface area contributed by atoms with Crippen molar-refractivity contribution in [2.24, 2.45) is 0 Å². The number of nitrogens with one attached hydrogen (secondary N) is 1. The summed E-state index contributed by atoms with van der Waals surface area (Å²) in [5.41, 5.74) is 3.70. The van der Waals surface area contributed by atoms with E-state index in [2.05, 4.69) is 20.7 Å². The summed E-state index contributed by atoms with van der Waals surface area (Å²) in [6, 6.07) is 25.1. The van der Waals surface area contributed by atoms with Crippen molar-refractivity contribution in [3.8, 4) is 28.3 Å². The monoisotopic (exact) mass is 385 g/mol. The van der Waals surface area contributed by atoms with Crippen molar-refractivity contribution in [2.45, 2.75) is 6.54 Å². The van der Waals surface area contributed by atoms with Gasteiger partial charge in [-0.25, -0.2) is 0 Å². The fraction of sp³-hybridized carbons (Fsp3) is 0.0909. The summed E-state index contributed by atoms with van der Waals surface area (Å²) < 4.78 is 5.20. The number of ether oxygens (including phenoxy) is 1. The van der Waals surface area contributed by atoms with E-state index in [0.717, 1.165) is 16.7 Å². The Balaban J connectivity index is 1.39. The number of methoxy groups -OCH3 is 1. The summed E-state index contributed by atoms with van der Waals surface area (Å²) in [6.07, 6.45) is 0. The maximum atomic E-state index is 12.3. The zero-order valence-corrected chi connectivity index (χ0v) is 15.8. The van der Waals surface area contributed by atoms with Crippen LogP contribution in [0.15, 0.2) is 78.9 Å². The minimum absolute atomic E-state index is 0.0304. The fourth-order valence-electron chi connectivity index (χ4n) is 2.89. The number of carbonyl (C=O) groups is 1. The molecular weight excluding hydrogens is 366 g/mol. The number of carbonyl (C=O) groups excluding carboxylic acids is 1. The minimum atomic E-state index is -0.230. The van der Waals surface area contributed by atoms with Crippen LogP contribution in [0.5, 0.6) is 5.75 Å². The molecule has 0 aliphatic carbocycles. The molecule has 0 atom stereocenters. The molecule has 0 saturated heterocycles. The Hall–Kier alpha value is -4.00. The molecule has 4 rings (SSSR count). The summed E-state index contributed by atoms with van der Waals surface area (Å²) in [5.74, 6) is 0.909. The first-order valence-electron chi connectivity index (χ1n) is 9.09. The van der Waals surface area contributed by atoms with Gasteiger partial charge >= 0.3 is 0 Å². The first-order chi connectivity index (χ1) is 14.2. The van der Waals surface area contributed by atoms with Gasteiger partial charge in [0.05, 0.1) is 7.11 Å². The van der Waals surface area contributed by atoms with Crippen LogP contribution in [0.1, 0.15) is 0 Å². The molecule has 0 fully saturated rings. The van der Waals surface area contributed by atoms with Crippen LogP contribution in [0, 0.1) is 0 Å². The summed E-state index contributed by atoms with van der Waals surface area (Å²) in [5, 5.41) is 15.1. The number of aromatic nitrogens is 4. The lowest BCUT2D eigenvalue weighted by atomic mass is 10.1. The lowest BCUT2D eigenvalue weighted by molar-refractivity contribution is -0.117. The van der Waals surface area contributed by atoms with Gasteiger partial charge in [0.25, 0.3) is 0 Å². The first kappa shape index (κ1) is 18.4. The quantitative estimate of drug-likeness (QED) is 0.548. The third kappa shape index (κ3) is 4.47. The second-order valence-electron chi connectivity index (χ2n) is 6.37. The highest BCUT2D eigenvalue weighted by atomic mass is 16.5. The zero-order chi connectivity index (χ0) is 20.1. The number of anilines is 1. The van der Waals surface area contributed by atoms with Gasteiger partial charge in [0.1, 0.15) is 12.3 Å². The van der Waals surface area contributed by atoms with Crippen molar-refractivity contribution in [3.63, 3.8) is 0 Å². The SMILES string of the molecule is COc1cccc(-c2nnn(CC(=O)Nc3ccc(-c4ccccc4)cc3)n2)c1. The molecule has 0 bridgehead atoms. The maximum absolute atomic E-state index is 12.3. The summed E-state index contributed by atoms with van der Waals surface area (Å²) in [4.78, 5) is 13.6. The Bertz CT molecular complexity index is 1110. The van der Waals surface area contributed by atoms with Crippen LogP contribution in [0.4, 0.5) is 5.69 Å². The van der Waals surface area contributed by atoms with Crippen molar-refractivity contribution in [3.05, 3.63) is 78.9 Å². The molecule has 0 saturated carbocycles. The predicted molar refractivity (Wildman–Crippen MR) is 110 cm³/mol. The van der Waals surface area contributed by atoms with E-state index in [-0.39, 0.29) is 12.5 Å². The predicted octanol–water partition coefficient (Wildman–Crippen LogP) is 3.65. The van der Waals surface area contributed by atoms with E-state index < -0.39 is 0 Å². The fourth-order valence-corrected chi connectivity index (χ4v) is 2.89. The smallest absolute Gasteiger partial charge is 0.248 e. The zero-order valence-electron chi connectivity index (χ0n) is 15.8. The van der Waals surface area contributed by atoms with Crippen LogP contribution in [-0.4, -0.2) is 33.2 Å². The van der Waals surface area contributed by atoms with Crippen LogP contribution < -0.4 is 10.1 Å². The molecule has 0 radical (unpaired) electrons. The van der Waals surface area contributed by atoms with E-state index in [4.69, 9.17) is 4.74 Å². The number of tetrazole rings is 1. The van der Waals surface area contributed by atoms with Gasteiger partial charge in [-0.2, -0.15) is 4.80 Å².